The van der Waals surface area contributed by atoms with Crippen molar-refractivity contribution in [1.82, 2.24) is 14.9 Å². The van der Waals surface area contributed by atoms with Crippen molar-refractivity contribution in [2.75, 3.05) is 49.2 Å². The molecule has 1 aliphatic rings. The standard InChI is InChI=1S/C14H25N5S/c1-5-15-12-9-13(17-14(16-12)20-4)19-8-7-18(6-2)11(3)10-19/h9,11H,5-8,10H2,1-4H3,(H,15,16,17). The van der Waals surface area contributed by atoms with Crippen molar-refractivity contribution < 1.29 is 0 Å². The van der Waals surface area contributed by atoms with Crippen LogP contribution in [-0.2, 0) is 0 Å². The minimum absolute atomic E-state index is 0.573. The second-order valence-electron chi connectivity index (χ2n) is 5.05. The number of likely N-dealkylation sites (N-methyl/N-ethyl adjacent to an activating group) is 1. The third-order valence-electron chi connectivity index (χ3n) is 3.73. The van der Waals surface area contributed by atoms with Crippen molar-refractivity contribution in [1.29, 1.82) is 0 Å². The number of hydrogen-bond acceptors (Lipinski definition) is 6. The summed E-state index contributed by atoms with van der Waals surface area (Å²) >= 11 is 1.59. The van der Waals surface area contributed by atoms with Gasteiger partial charge < -0.3 is 10.2 Å². The summed E-state index contributed by atoms with van der Waals surface area (Å²) in [5, 5.41) is 4.13. The summed E-state index contributed by atoms with van der Waals surface area (Å²) in [7, 11) is 0. The lowest BCUT2D eigenvalue weighted by atomic mass is 10.2. The van der Waals surface area contributed by atoms with Gasteiger partial charge in [0.25, 0.3) is 0 Å². The van der Waals surface area contributed by atoms with E-state index in [1.54, 1.807) is 11.8 Å². The van der Waals surface area contributed by atoms with Gasteiger partial charge in [-0.2, -0.15) is 0 Å². The van der Waals surface area contributed by atoms with E-state index in [-0.39, 0.29) is 0 Å². The van der Waals surface area contributed by atoms with Crippen molar-refractivity contribution in [3.8, 4) is 0 Å². The van der Waals surface area contributed by atoms with Gasteiger partial charge in [0.2, 0.25) is 0 Å². The number of thioether (sulfide) groups is 1. The van der Waals surface area contributed by atoms with Gasteiger partial charge in [-0.3, -0.25) is 4.90 Å². The fourth-order valence-corrected chi connectivity index (χ4v) is 2.99. The molecule has 112 valence electrons. The molecule has 0 bridgehead atoms. The Bertz CT molecular complexity index is 440. The zero-order valence-corrected chi connectivity index (χ0v) is 13.7. The van der Waals surface area contributed by atoms with E-state index in [0.29, 0.717) is 6.04 Å². The largest absolute Gasteiger partial charge is 0.370 e. The highest BCUT2D eigenvalue weighted by molar-refractivity contribution is 7.98. The number of rotatable bonds is 5. The molecule has 1 saturated heterocycles. The molecule has 1 aromatic heterocycles. The van der Waals surface area contributed by atoms with Crippen LogP contribution in [0.15, 0.2) is 11.2 Å². The number of piperazine rings is 1. The highest BCUT2D eigenvalue weighted by Crippen LogP contribution is 2.22. The average Bonchev–Trinajstić information content (AvgIpc) is 2.47. The molecule has 1 aliphatic heterocycles. The number of aromatic nitrogens is 2. The second kappa shape index (κ2) is 7.13. The number of hydrogen-bond donors (Lipinski definition) is 1. The van der Waals surface area contributed by atoms with E-state index in [9.17, 15) is 0 Å². The van der Waals surface area contributed by atoms with Crippen molar-refractivity contribution in [2.24, 2.45) is 0 Å². The minimum atomic E-state index is 0.573. The topological polar surface area (TPSA) is 44.3 Å². The molecule has 20 heavy (non-hydrogen) atoms. The van der Waals surface area contributed by atoms with Gasteiger partial charge in [0, 0.05) is 38.3 Å². The molecule has 2 heterocycles. The number of nitrogens with one attached hydrogen (secondary N) is 1. The first-order chi connectivity index (χ1) is 9.67. The van der Waals surface area contributed by atoms with Gasteiger partial charge in [-0.05, 0) is 26.6 Å². The van der Waals surface area contributed by atoms with Crippen LogP contribution >= 0.6 is 11.8 Å². The Kier molecular flexibility index (Phi) is 5.48. The van der Waals surface area contributed by atoms with Crippen LogP contribution in [0.1, 0.15) is 20.8 Å². The first kappa shape index (κ1) is 15.4. The number of nitrogens with zero attached hydrogens (tertiary/aromatic N) is 4. The summed E-state index contributed by atoms with van der Waals surface area (Å²) in [6.07, 6.45) is 2.02. The molecule has 1 unspecified atom stereocenters. The maximum absolute atomic E-state index is 4.66. The molecule has 0 aromatic carbocycles. The van der Waals surface area contributed by atoms with Crippen LogP contribution in [0.25, 0.3) is 0 Å². The maximum Gasteiger partial charge on any atom is 0.191 e. The smallest absolute Gasteiger partial charge is 0.191 e. The van der Waals surface area contributed by atoms with Crippen LogP contribution in [0.5, 0.6) is 0 Å². The van der Waals surface area contributed by atoms with E-state index < -0.39 is 0 Å². The van der Waals surface area contributed by atoms with Gasteiger partial charge in [0.15, 0.2) is 5.16 Å². The molecule has 0 saturated carbocycles. The minimum Gasteiger partial charge on any atom is -0.370 e. The molecule has 2 rings (SSSR count). The summed E-state index contributed by atoms with van der Waals surface area (Å²) in [6.45, 7) is 11.8. The predicted octanol–water partition coefficient (Wildman–Crippen LogP) is 2.16. The van der Waals surface area contributed by atoms with Crippen LogP contribution in [0.3, 0.4) is 0 Å². The monoisotopic (exact) mass is 295 g/mol. The molecule has 1 fully saturated rings. The Morgan fingerprint density at radius 3 is 2.75 bits per heavy atom. The van der Waals surface area contributed by atoms with Gasteiger partial charge in [-0.25, -0.2) is 9.97 Å². The van der Waals surface area contributed by atoms with E-state index in [0.717, 1.165) is 49.5 Å². The van der Waals surface area contributed by atoms with E-state index in [1.165, 1.54) is 0 Å². The Morgan fingerprint density at radius 1 is 1.35 bits per heavy atom. The number of anilines is 2. The zero-order valence-electron chi connectivity index (χ0n) is 12.9. The molecule has 0 aliphatic carbocycles. The summed E-state index contributed by atoms with van der Waals surface area (Å²) in [6, 6.07) is 2.64. The van der Waals surface area contributed by atoms with Crippen LogP contribution in [-0.4, -0.2) is 59.9 Å². The van der Waals surface area contributed by atoms with Crippen LogP contribution in [0.2, 0.25) is 0 Å². The lowest BCUT2D eigenvalue weighted by Gasteiger charge is -2.40. The average molecular weight is 295 g/mol. The Morgan fingerprint density at radius 2 is 2.15 bits per heavy atom. The molecule has 1 N–H and O–H groups in total. The molecule has 0 radical (unpaired) electrons. The first-order valence-electron chi connectivity index (χ1n) is 7.33. The van der Waals surface area contributed by atoms with E-state index in [4.69, 9.17) is 0 Å². The zero-order chi connectivity index (χ0) is 14.5. The summed E-state index contributed by atoms with van der Waals surface area (Å²) in [5.74, 6) is 1.97. The van der Waals surface area contributed by atoms with Crippen LogP contribution in [0.4, 0.5) is 11.6 Å². The van der Waals surface area contributed by atoms with Crippen molar-refractivity contribution in [3.05, 3.63) is 6.07 Å². The van der Waals surface area contributed by atoms with Gasteiger partial charge in [-0.1, -0.05) is 18.7 Å². The Balaban J connectivity index is 2.17. The third-order valence-corrected chi connectivity index (χ3v) is 4.28. The van der Waals surface area contributed by atoms with Crippen molar-refractivity contribution in [2.45, 2.75) is 32.0 Å². The lowest BCUT2D eigenvalue weighted by molar-refractivity contribution is 0.199. The van der Waals surface area contributed by atoms with E-state index in [1.807, 2.05) is 6.26 Å². The molecule has 0 amide bonds. The quantitative estimate of drug-likeness (QED) is 0.663. The predicted molar refractivity (Wildman–Crippen MR) is 86.9 cm³/mol. The molecule has 5 nitrogen and oxygen atoms in total. The van der Waals surface area contributed by atoms with Crippen molar-refractivity contribution >= 4 is 23.4 Å². The summed E-state index contributed by atoms with van der Waals surface area (Å²) in [4.78, 5) is 14.0. The lowest BCUT2D eigenvalue weighted by Crippen LogP contribution is -2.52. The van der Waals surface area contributed by atoms with E-state index >= 15 is 0 Å². The van der Waals surface area contributed by atoms with Crippen LogP contribution < -0.4 is 10.2 Å². The highest BCUT2D eigenvalue weighted by Gasteiger charge is 2.23. The fourth-order valence-electron chi connectivity index (χ4n) is 2.61. The maximum atomic E-state index is 4.66. The molecule has 1 aromatic rings. The van der Waals surface area contributed by atoms with Gasteiger partial charge >= 0.3 is 0 Å². The van der Waals surface area contributed by atoms with Gasteiger partial charge in [-0.15, -0.1) is 0 Å². The summed E-state index contributed by atoms with van der Waals surface area (Å²) < 4.78 is 0. The molecule has 1 atom stereocenters. The van der Waals surface area contributed by atoms with Gasteiger partial charge in [0.1, 0.15) is 11.6 Å². The highest BCUT2D eigenvalue weighted by atomic mass is 32.2. The van der Waals surface area contributed by atoms with Crippen LogP contribution in [0, 0.1) is 0 Å². The normalized spacial score (nSPS) is 20.2. The molecule has 0 spiro atoms. The first-order valence-corrected chi connectivity index (χ1v) is 8.56. The Labute approximate surface area is 126 Å². The third kappa shape index (κ3) is 3.55. The van der Waals surface area contributed by atoms with E-state index in [2.05, 4.69) is 51.9 Å². The molecular formula is C14H25N5S. The SMILES string of the molecule is CCNc1cc(N2CCN(CC)C(C)C2)nc(SC)n1. The summed E-state index contributed by atoms with van der Waals surface area (Å²) in [5.41, 5.74) is 0. The van der Waals surface area contributed by atoms with Crippen molar-refractivity contribution in [3.63, 3.8) is 0 Å². The second-order valence-corrected chi connectivity index (χ2v) is 5.83. The molecule has 6 heteroatoms. The molecular weight excluding hydrogens is 270 g/mol. The van der Waals surface area contributed by atoms with Gasteiger partial charge in [0.05, 0.1) is 0 Å². The fraction of sp³-hybridized carbons (Fsp3) is 0.714. The Hall–Kier alpha value is -1.01.